The van der Waals surface area contributed by atoms with E-state index in [4.69, 9.17) is 4.74 Å². The molecule has 3 nitrogen and oxygen atoms in total. The van der Waals surface area contributed by atoms with Gasteiger partial charge >= 0.3 is 5.97 Å². The summed E-state index contributed by atoms with van der Waals surface area (Å²) in [4.78, 5) is 11.9. The molecule has 0 unspecified atom stereocenters. The third-order valence-corrected chi connectivity index (χ3v) is 4.32. The molecule has 1 N–H and O–H groups in total. The zero-order valence-corrected chi connectivity index (χ0v) is 10.7. The molecule has 0 aromatic heterocycles. The zero-order chi connectivity index (χ0) is 12.4. The molecule has 0 aromatic carbocycles. The zero-order valence-electron chi connectivity index (χ0n) is 10.7. The third-order valence-electron chi connectivity index (χ3n) is 4.32. The highest BCUT2D eigenvalue weighted by molar-refractivity contribution is 5.74. The van der Waals surface area contributed by atoms with Crippen molar-refractivity contribution in [3.05, 3.63) is 11.6 Å². The lowest BCUT2D eigenvalue weighted by molar-refractivity contribution is -0.154. The number of rotatable bonds is 2. The molecule has 0 saturated heterocycles. The van der Waals surface area contributed by atoms with E-state index in [9.17, 15) is 9.90 Å². The number of carbonyl (C=O) groups is 1. The first-order valence-corrected chi connectivity index (χ1v) is 6.65. The molecule has 0 amide bonds. The Bertz CT molecular complexity index is 321. The minimum atomic E-state index is -0.570. The second-order valence-corrected chi connectivity index (χ2v) is 5.21. The Kier molecular flexibility index (Phi) is 3.87. The van der Waals surface area contributed by atoms with Gasteiger partial charge in [-0.15, -0.1) is 0 Å². The van der Waals surface area contributed by atoms with Gasteiger partial charge in [0.2, 0.25) is 0 Å². The fourth-order valence-electron chi connectivity index (χ4n) is 3.36. The lowest BCUT2D eigenvalue weighted by Crippen LogP contribution is -2.44. The number of allylic oxidation sites excluding steroid dienone is 1. The van der Waals surface area contributed by atoms with Gasteiger partial charge in [-0.25, -0.2) is 0 Å². The van der Waals surface area contributed by atoms with Crippen LogP contribution < -0.4 is 0 Å². The molecule has 0 radical (unpaired) electrons. The SMILES string of the molecule is CC[C@@H]1C=C2CCCC[C@H]2[C@H](C(=O)OC)[C@@H]1O. The number of aliphatic hydroxyl groups is 1. The maximum Gasteiger partial charge on any atom is 0.311 e. The Hall–Kier alpha value is -0.830. The predicted molar refractivity (Wildman–Crippen MR) is 65.3 cm³/mol. The van der Waals surface area contributed by atoms with E-state index in [1.54, 1.807) is 0 Å². The summed E-state index contributed by atoms with van der Waals surface area (Å²) in [6, 6.07) is 0. The summed E-state index contributed by atoms with van der Waals surface area (Å²) in [6.45, 7) is 2.06. The third kappa shape index (κ3) is 2.25. The van der Waals surface area contributed by atoms with E-state index < -0.39 is 6.10 Å². The van der Waals surface area contributed by atoms with E-state index in [1.807, 2.05) is 0 Å². The molecular formula is C14H22O3. The van der Waals surface area contributed by atoms with Crippen molar-refractivity contribution < 1.29 is 14.6 Å². The quantitative estimate of drug-likeness (QED) is 0.593. The van der Waals surface area contributed by atoms with Crippen molar-refractivity contribution in [3.63, 3.8) is 0 Å². The molecular weight excluding hydrogens is 216 g/mol. The Morgan fingerprint density at radius 2 is 2.29 bits per heavy atom. The number of hydrogen-bond donors (Lipinski definition) is 1. The molecule has 0 aromatic rings. The molecule has 1 saturated carbocycles. The normalized spacial score (nSPS) is 37.0. The average Bonchev–Trinajstić information content (AvgIpc) is 2.37. The van der Waals surface area contributed by atoms with E-state index in [0.717, 1.165) is 25.7 Å². The Morgan fingerprint density at radius 3 is 2.94 bits per heavy atom. The number of methoxy groups -OCH3 is 1. The summed E-state index contributed by atoms with van der Waals surface area (Å²) < 4.78 is 4.88. The van der Waals surface area contributed by atoms with Crippen LogP contribution in [-0.2, 0) is 9.53 Å². The summed E-state index contributed by atoms with van der Waals surface area (Å²) in [5, 5.41) is 10.3. The highest BCUT2D eigenvalue weighted by Crippen LogP contribution is 2.43. The highest BCUT2D eigenvalue weighted by atomic mass is 16.5. The highest BCUT2D eigenvalue weighted by Gasteiger charge is 2.43. The molecule has 17 heavy (non-hydrogen) atoms. The lowest BCUT2D eigenvalue weighted by atomic mass is 9.66. The van der Waals surface area contributed by atoms with Gasteiger partial charge in [0.1, 0.15) is 0 Å². The first kappa shape index (κ1) is 12.6. The first-order chi connectivity index (χ1) is 8.19. The number of fused-ring (bicyclic) bond motifs is 1. The van der Waals surface area contributed by atoms with Gasteiger partial charge in [0.25, 0.3) is 0 Å². The number of ether oxygens (including phenoxy) is 1. The van der Waals surface area contributed by atoms with E-state index >= 15 is 0 Å². The van der Waals surface area contributed by atoms with Gasteiger partial charge in [0.05, 0.1) is 19.1 Å². The second-order valence-electron chi connectivity index (χ2n) is 5.21. The number of aliphatic hydroxyl groups excluding tert-OH is 1. The Balaban J connectivity index is 2.29. The molecule has 3 heteroatoms. The first-order valence-electron chi connectivity index (χ1n) is 6.65. The van der Waals surface area contributed by atoms with Crippen molar-refractivity contribution >= 4 is 5.97 Å². The van der Waals surface area contributed by atoms with Crippen LogP contribution in [0.2, 0.25) is 0 Å². The van der Waals surface area contributed by atoms with Crippen LogP contribution in [0.15, 0.2) is 11.6 Å². The van der Waals surface area contributed by atoms with Gasteiger partial charge in [-0.2, -0.15) is 0 Å². The van der Waals surface area contributed by atoms with Crippen LogP contribution in [0.1, 0.15) is 39.0 Å². The summed E-state index contributed by atoms with van der Waals surface area (Å²) in [7, 11) is 1.41. The van der Waals surface area contributed by atoms with Crippen molar-refractivity contribution in [2.75, 3.05) is 7.11 Å². The number of hydrogen-bond acceptors (Lipinski definition) is 3. The molecule has 0 spiro atoms. The van der Waals surface area contributed by atoms with Crippen LogP contribution in [0.4, 0.5) is 0 Å². The largest absolute Gasteiger partial charge is 0.469 e. The molecule has 2 aliphatic rings. The molecule has 4 atom stereocenters. The molecule has 0 aliphatic heterocycles. The van der Waals surface area contributed by atoms with Gasteiger partial charge < -0.3 is 9.84 Å². The van der Waals surface area contributed by atoms with Crippen molar-refractivity contribution in [1.82, 2.24) is 0 Å². The van der Waals surface area contributed by atoms with E-state index in [0.29, 0.717) is 0 Å². The van der Waals surface area contributed by atoms with Crippen molar-refractivity contribution in [1.29, 1.82) is 0 Å². The molecule has 96 valence electrons. The van der Waals surface area contributed by atoms with Crippen LogP contribution in [0.25, 0.3) is 0 Å². The van der Waals surface area contributed by atoms with Gasteiger partial charge in [-0.1, -0.05) is 25.0 Å². The van der Waals surface area contributed by atoms with Crippen LogP contribution in [0, 0.1) is 17.8 Å². The maximum absolute atomic E-state index is 11.9. The predicted octanol–water partition coefficient (Wildman–Crippen LogP) is 2.29. The Morgan fingerprint density at radius 1 is 1.53 bits per heavy atom. The second kappa shape index (κ2) is 5.21. The minimum Gasteiger partial charge on any atom is -0.469 e. The van der Waals surface area contributed by atoms with Crippen molar-refractivity contribution in [2.24, 2.45) is 17.8 Å². The summed E-state index contributed by atoms with van der Waals surface area (Å²) in [5.41, 5.74) is 1.38. The van der Waals surface area contributed by atoms with Crippen LogP contribution in [-0.4, -0.2) is 24.3 Å². The molecule has 1 fully saturated rings. The molecule has 0 heterocycles. The van der Waals surface area contributed by atoms with E-state index in [1.165, 1.54) is 19.1 Å². The van der Waals surface area contributed by atoms with E-state index in [-0.39, 0.29) is 23.7 Å². The van der Waals surface area contributed by atoms with Gasteiger partial charge in [0.15, 0.2) is 0 Å². The monoisotopic (exact) mass is 238 g/mol. The fraction of sp³-hybridized carbons (Fsp3) is 0.786. The van der Waals surface area contributed by atoms with Crippen LogP contribution in [0.5, 0.6) is 0 Å². The summed E-state index contributed by atoms with van der Waals surface area (Å²) >= 11 is 0. The van der Waals surface area contributed by atoms with Gasteiger partial charge in [-0.3, -0.25) is 4.79 Å². The van der Waals surface area contributed by atoms with Gasteiger partial charge in [0, 0.05) is 5.92 Å². The van der Waals surface area contributed by atoms with Crippen molar-refractivity contribution in [2.45, 2.75) is 45.1 Å². The molecule has 2 aliphatic carbocycles. The minimum absolute atomic E-state index is 0.114. The summed E-state index contributed by atoms with van der Waals surface area (Å²) in [6.07, 6.45) is 6.99. The topological polar surface area (TPSA) is 46.5 Å². The molecule has 0 bridgehead atoms. The van der Waals surface area contributed by atoms with Crippen LogP contribution >= 0.6 is 0 Å². The lowest BCUT2D eigenvalue weighted by Gasteiger charge is -2.40. The van der Waals surface area contributed by atoms with Gasteiger partial charge in [-0.05, 0) is 31.6 Å². The summed E-state index contributed by atoms with van der Waals surface area (Å²) in [5.74, 6) is -0.254. The average molecular weight is 238 g/mol. The smallest absolute Gasteiger partial charge is 0.311 e. The maximum atomic E-state index is 11.9. The van der Waals surface area contributed by atoms with E-state index in [2.05, 4.69) is 13.0 Å². The Labute approximate surface area is 103 Å². The van der Waals surface area contributed by atoms with Crippen LogP contribution in [0.3, 0.4) is 0 Å². The number of carbonyl (C=O) groups excluding carboxylic acids is 1. The van der Waals surface area contributed by atoms with Crippen molar-refractivity contribution in [3.8, 4) is 0 Å². The number of esters is 1. The fourth-order valence-corrected chi connectivity index (χ4v) is 3.36. The standard InChI is InChI=1S/C14H22O3/c1-3-9-8-10-6-4-5-7-11(10)12(13(9)15)14(16)17-2/h8-9,11-13,15H,3-7H2,1-2H3/t9-,11-,12+,13-/m1/s1. The molecule has 2 rings (SSSR count).